The van der Waals surface area contributed by atoms with E-state index in [2.05, 4.69) is 32.0 Å². The second-order valence-electron chi connectivity index (χ2n) is 6.83. The van der Waals surface area contributed by atoms with Crippen LogP contribution in [0.25, 0.3) is 0 Å². The van der Waals surface area contributed by atoms with Gasteiger partial charge in [-0.2, -0.15) is 0 Å². The Bertz CT molecular complexity index is 812. The van der Waals surface area contributed by atoms with Crippen LogP contribution in [0.1, 0.15) is 35.1 Å². The number of hydrogen-bond acceptors (Lipinski definition) is 4. The normalized spacial score (nSPS) is 11.9. The van der Waals surface area contributed by atoms with Gasteiger partial charge in [0.05, 0.1) is 4.90 Å². The van der Waals surface area contributed by atoms with Gasteiger partial charge < -0.3 is 4.74 Å². The molecule has 0 amide bonds. The SMILES string of the molecule is COCON(CCCCc1cc(C)cc(C)c1)S(=O)(=O)c1ccc(C)cc1. The quantitative estimate of drug-likeness (QED) is 0.347. The van der Waals surface area contributed by atoms with Gasteiger partial charge in [0.25, 0.3) is 10.0 Å². The number of ether oxygens (including phenoxy) is 1. The molecule has 6 heteroatoms. The van der Waals surface area contributed by atoms with Crippen molar-refractivity contribution in [3.05, 3.63) is 64.7 Å². The molecular formula is C21H29NO4S. The van der Waals surface area contributed by atoms with Crippen LogP contribution in [0.2, 0.25) is 0 Å². The van der Waals surface area contributed by atoms with E-state index in [4.69, 9.17) is 9.57 Å². The lowest BCUT2D eigenvalue weighted by molar-refractivity contribution is -0.163. The van der Waals surface area contributed by atoms with Crippen LogP contribution in [-0.4, -0.2) is 33.3 Å². The smallest absolute Gasteiger partial charge is 0.265 e. The second-order valence-corrected chi connectivity index (χ2v) is 8.66. The van der Waals surface area contributed by atoms with Crippen LogP contribution in [0, 0.1) is 20.8 Å². The fourth-order valence-corrected chi connectivity index (χ4v) is 4.24. The molecule has 0 aliphatic rings. The molecule has 0 aliphatic carbocycles. The third-order valence-corrected chi connectivity index (χ3v) is 5.93. The predicted octanol–water partition coefficient (Wildman–Crippen LogP) is 4.16. The lowest BCUT2D eigenvalue weighted by Gasteiger charge is -2.21. The zero-order chi connectivity index (χ0) is 19.9. The molecule has 2 rings (SSSR count). The fourth-order valence-electron chi connectivity index (χ4n) is 2.98. The Balaban J connectivity index is 2.00. The van der Waals surface area contributed by atoms with Crippen molar-refractivity contribution in [2.24, 2.45) is 0 Å². The van der Waals surface area contributed by atoms with E-state index in [1.165, 1.54) is 23.8 Å². The Hall–Kier alpha value is -1.73. The van der Waals surface area contributed by atoms with Gasteiger partial charge in [-0.3, -0.25) is 4.84 Å². The van der Waals surface area contributed by atoms with E-state index in [0.29, 0.717) is 6.42 Å². The molecule has 2 aromatic carbocycles. The third kappa shape index (κ3) is 6.43. The first kappa shape index (κ1) is 21.6. The highest BCUT2D eigenvalue weighted by atomic mass is 32.2. The van der Waals surface area contributed by atoms with Crippen molar-refractivity contribution in [3.63, 3.8) is 0 Å². The van der Waals surface area contributed by atoms with E-state index in [-0.39, 0.29) is 18.2 Å². The first-order valence-corrected chi connectivity index (χ1v) is 10.6. The number of methoxy groups -OCH3 is 1. The summed E-state index contributed by atoms with van der Waals surface area (Å²) in [4.78, 5) is 5.58. The Morgan fingerprint density at radius 2 is 1.52 bits per heavy atom. The van der Waals surface area contributed by atoms with Gasteiger partial charge in [-0.15, -0.1) is 0 Å². The van der Waals surface area contributed by atoms with Crippen molar-refractivity contribution < 1.29 is 18.0 Å². The van der Waals surface area contributed by atoms with Crippen molar-refractivity contribution in [2.75, 3.05) is 20.4 Å². The molecule has 0 radical (unpaired) electrons. The molecule has 0 bridgehead atoms. The van der Waals surface area contributed by atoms with E-state index in [1.54, 1.807) is 24.3 Å². The average Bonchev–Trinajstić information content (AvgIpc) is 2.60. The summed E-state index contributed by atoms with van der Waals surface area (Å²) in [6, 6.07) is 13.3. The van der Waals surface area contributed by atoms with E-state index >= 15 is 0 Å². The molecule has 2 aromatic rings. The molecule has 0 saturated carbocycles. The average molecular weight is 392 g/mol. The van der Waals surface area contributed by atoms with Crippen molar-refractivity contribution in [3.8, 4) is 0 Å². The molecule has 0 aliphatic heterocycles. The number of nitrogens with zero attached hydrogens (tertiary/aromatic N) is 1. The minimum atomic E-state index is -3.72. The van der Waals surface area contributed by atoms with Gasteiger partial charge >= 0.3 is 0 Å². The number of benzene rings is 2. The maximum absolute atomic E-state index is 12.8. The van der Waals surface area contributed by atoms with Crippen LogP contribution >= 0.6 is 0 Å². The fraction of sp³-hybridized carbons (Fsp3) is 0.429. The largest absolute Gasteiger partial charge is 0.357 e. The number of sulfonamides is 1. The van der Waals surface area contributed by atoms with Gasteiger partial charge in [-0.1, -0.05) is 51.5 Å². The maximum Gasteiger partial charge on any atom is 0.265 e. The molecule has 0 fully saturated rings. The Morgan fingerprint density at radius 1 is 0.889 bits per heavy atom. The zero-order valence-electron chi connectivity index (χ0n) is 16.6. The molecule has 5 nitrogen and oxygen atoms in total. The van der Waals surface area contributed by atoms with E-state index in [9.17, 15) is 8.42 Å². The van der Waals surface area contributed by atoms with Crippen LogP contribution in [-0.2, 0) is 26.0 Å². The van der Waals surface area contributed by atoms with E-state index < -0.39 is 10.0 Å². The van der Waals surface area contributed by atoms with Crippen LogP contribution in [0.4, 0.5) is 0 Å². The number of hydroxylamine groups is 1. The van der Waals surface area contributed by atoms with Crippen LogP contribution in [0.3, 0.4) is 0 Å². The van der Waals surface area contributed by atoms with Gasteiger partial charge in [-0.05, 0) is 57.7 Å². The lowest BCUT2D eigenvalue weighted by atomic mass is 10.0. The summed E-state index contributed by atoms with van der Waals surface area (Å²) in [7, 11) is -2.25. The van der Waals surface area contributed by atoms with Crippen LogP contribution in [0.15, 0.2) is 47.4 Å². The summed E-state index contributed by atoms with van der Waals surface area (Å²) in [6.45, 7) is 6.27. The van der Waals surface area contributed by atoms with Gasteiger partial charge in [0, 0.05) is 13.7 Å². The van der Waals surface area contributed by atoms with Crippen molar-refractivity contribution in [1.29, 1.82) is 0 Å². The van der Waals surface area contributed by atoms with E-state index in [1.807, 2.05) is 6.92 Å². The van der Waals surface area contributed by atoms with Crippen molar-refractivity contribution >= 4 is 10.0 Å². The highest BCUT2D eigenvalue weighted by Gasteiger charge is 2.25. The maximum atomic E-state index is 12.8. The van der Waals surface area contributed by atoms with Gasteiger partial charge in [0.2, 0.25) is 0 Å². The number of rotatable bonds is 10. The predicted molar refractivity (Wildman–Crippen MR) is 107 cm³/mol. The molecule has 0 heterocycles. The monoisotopic (exact) mass is 391 g/mol. The Labute approximate surface area is 162 Å². The molecule has 27 heavy (non-hydrogen) atoms. The first-order valence-electron chi connectivity index (χ1n) is 9.11. The number of hydrogen-bond donors (Lipinski definition) is 0. The lowest BCUT2D eigenvalue weighted by Crippen LogP contribution is -2.33. The molecule has 148 valence electrons. The summed E-state index contributed by atoms with van der Waals surface area (Å²) in [6.07, 6.45) is 2.48. The second kappa shape index (κ2) is 9.99. The summed E-state index contributed by atoms with van der Waals surface area (Å²) >= 11 is 0. The molecule has 0 unspecified atom stereocenters. The van der Waals surface area contributed by atoms with E-state index in [0.717, 1.165) is 22.9 Å². The molecular weight excluding hydrogens is 362 g/mol. The Morgan fingerprint density at radius 3 is 2.11 bits per heavy atom. The highest BCUT2D eigenvalue weighted by Crippen LogP contribution is 2.18. The summed E-state index contributed by atoms with van der Waals surface area (Å²) in [5.41, 5.74) is 4.78. The molecule has 0 aromatic heterocycles. The minimum absolute atomic E-state index is 0.109. The standard InChI is InChI=1S/C21H29NO4S/c1-17-8-10-21(11-9-17)27(23,24)22(26-16-25-4)12-6-5-7-20-14-18(2)13-19(3)15-20/h8-11,13-15H,5-7,12,16H2,1-4H3. The van der Waals surface area contributed by atoms with Crippen LogP contribution < -0.4 is 0 Å². The molecule has 0 spiro atoms. The van der Waals surface area contributed by atoms with Gasteiger partial charge in [-0.25, -0.2) is 8.42 Å². The first-order chi connectivity index (χ1) is 12.8. The van der Waals surface area contributed by atoms with Crippen molar-refractivity contribution in [2.45, 2.75) is 44.9 Å². The molecule has 0 saturated heterocycles. The molecule has 0 N–H and O–H groups in total. The highest BCUT2D eigenvalue weighted by molar-refractivity contribution is 7.89. The van der Waals surface area contributed by atoms with Crippen LogP contribution in [0.5, 0.6) is 0 Å². The van der Waals surface area contributed by atoms with Gasteiger partial charge in [0.1, 0.15) is 0 Å². The zero-order valence-corrected chi connectivity index (χ0v) is 17.4. The number of unbranched alkanes of at least 4 members (excludes halogenated alkanes) is 1. The Kier molecular flexibility index (Phi) is 7.98. The third-order valence-electron chi connectivity index (χ3n) is 4.24. The minimum Gasteiger partial charge on any atom is -0.357 e. The van der Waals surface area contributed by atoms with Gasteiger partial charge in [0.15, 0.2) is 6.79 Å². The summed E-state index contributed by atoms with van der Waals surface area (Å²) in [5, 5.41) is 0. The van der Waals surface area contributed by atoms with Crippen molar-refractivity contribution in [1.82, 2.24) is 4.47 Å². The summed E-state index contributed by atoms with van der Waals surface area (Å²) < 4.78 is 31.6. The number of aryl methyl sites for hydroxylation is 4. The summed E-state index contributed by atoms with van der Waals surface area (Å²) in [5.74, 6) is 0. The molecule has 0 atom stereocenters. The topological polar surface area (TPSA) is 55.8 Å².